The van der Waals surface area contributed by atoms with Gasteiger partial charge in [0.2, 0.25) is 0 Å². The number of rotatable bonds is 6. The zero-order valence-corrected chi connectivity index (χ0v) is 14.6. The van der Waals surface area contributed by atoms with E-state index in [1.165, 1.54) is 42.1 Å². The number of ketones is 1. The molecule has 2 aromatic rings. The van der Waals surface area contributed by atoms with Gasteiger partial charge in [-0.3, -0.25) is 4.79 Å². The first-order valence-corrected chi connectivity index (χ1v) is 8.61. The van der Waals surface area contributed by atoms with E-state index in [2.05, 4.69) is 5.32 Å². The minimum absolute atomic E-state index is 0.225. The zero-order chi connectivity index (χ0) is 16.8. The average Bonchev–Trinajstić information content (AvgIpc) is 2.51. The Kier molecular flexibility index (Phi) is 6.51. The summed E-state index contributed by atoms with van der Waals surface area (Å²) in [5, 5.41) is 4.65. The molecule has 0 saturated carbocycles. The summed E-state index contributed by atoms with van der Waals surface area (Å²) in [6.07, 6.45) is 1.46. The van der Waals surface area contributed by atoms with Crippen molar-refractivity contribution in [3.8, 4) is 0 Å². The summed E-state index contributed by atoms with van der Waals surface area (Å²) in [4.78, 5) is 12.3. The molecular formula is C17H14Cl2FNOS. The van der Waals surface area contributed by atoms with E-state index in [-0.39, 0.29) is 11.6 Å². The molecule has 120 valence electrons. The predicted molar refractivity (Wildman–Crippen MR) is 97.0 cm³/mol. The number of anilines is 1. The van der Waals surface area contributed by atoms with Gasteiger partial charge >= 0.3 is 0 Å². The highest BCUT2D eigenvalue weighted by Crippen LogP contribution is 2.33. The van der Waals surface area contributed by atoms with Crippen LogP contribution in [-0.4, -0.2) is 11.5 Å². The number of benzene rings is 2. The van der Waals surface area contributed by atoms with Crippen molar-refractivity contribution < 1.29 is 9.18 Å². The van der Waals surface area contributed by atoms with Gasteiger partial charge in [0.25, 0.3) is 0 Å². The lowest BCUT2D eigenvalue weighted by atomic mass is 10.1. The van der Waals surface area contributed by atoms with Crippen LogP contribution in [0.1, 0.15) is 17.3 Å². The maximum absolute atomic E-state index is 12.9. The number of hydrogen-bond acceptors (Lipinski definition) is 3. The molecule has 0 atom stereocenters. The second-order valence-corrected chi connectivity index (χ2v) is 6.65. The molecule has 0 bridgehead atoms. The first kappa shape index (κ1) is 17.9. The van der Waals surface area contributed by atoms with E-state index < -0.39 is 0 Å². The number of allylic oxidation sites excluding steroid dienone is 1. The Morgan fingerprint density at radius 3 is 2.35 bits per heavy atom. The third kappa shape index (κ3) is 4.99. The normalized spacial score (nSPS) is 11.4. The molecule has 0 heterocycles. The SMILES string of the molecule is CCSC(=CC(=O)c1ccc(F)cc1)Nc1c(Cl)cccc1Cl. The molecule has 0 aliphatic rings. The van der Waals surface area contributed by atoms with E-state index in [0.717, 1.165) is 5.75 Å². The second kappa shape index (κ2) is 8.39. The van der Waals surface area contributed by atoms with Gasteiger partial charge in [0, 0.05) is 11.6 Å². The second-order valence-electron chi connectivity index (χ2n) is 4.53. The van der Waals surface area contributed by atoms with Crippen molar-refractivity contribution in [2.75, 3.05) is 11.1 Å². The third-order valence-corrected chi connectivity index (χ3v) is 4.35. The lowest BCUT2D eigenvalue weighted by Crippen LogP contribution is -2.03. The van der Waals surface area contributed by atoms with Crippen LogP contribution < -0.4 is 5.32 Å². The molecule has 0 saturated heterocycles. The van der Waals surface area contributed by atoms with Crippen LogP contribution in [0.2, 0.25) is 10.0 Å². The Bertz CT molecular complexity index is 712. The number of thioether (sulfide) groups is 1. The summed E-state index contributed by atoms with van der Waals surface area (Å²) < 4.78 is 12.9. The molecule has 0 radical (unpaired) electrons. The summed E-state index contributed by atoms with van der Waals surface area (Å²) in [6, 6.07) is 10.6. The van der Waals surface area contributed by atoms with E-state index in [1.807, 2.05) is 6.92 Å². The van der Waals surface area contributed by atoms with Gasteiger partial charge < -0.3 is 5.32 Å². The molecule has 1 N–H and O–H groups in total. The van der Waals surface area contributed by atoms with Crippen molar-refractivity contribution in [2.45, 2.75) is 6.92 Å². The molecule has 0 unspecified atom stereocenters. The van der Waals surface area contributed by atoms with Crippen molar-refractivity contribution in [1.82, 2.24) is 0 Å². The number of halogens is 3. The molecule has 0 aromatic heterocycles. The molecule has 0 amide bonds. The molecule has 2 rings (SSSR count). The van der Waals surface area contributed by atoms with Gasteiger partial charge in [-0.25, -0.2) is 4.39 Å². The quantitative estimate of drug-likeness (QED) is 0.498. The topological polar surface area (TPSA) is 29.1 Å². The van der Waals surface area contributed by atoms with E-state index in [9.17, 15) is 9.18 Å². The Morgan fingerprint density at radius 1 is 1.17 bits per heavy atom. The standard InChI is InChI=1S/C17H14Cl2FNOS/c1-2-23-16(21-17-13(18)4-3-5-14(17)19)10-15(22)11-6-8-12(20)9-7-11/h3-10,21H,2H2,1H3. The maximum Gasteiger partial charge on any atom is 0.188 e. The van der Waals surface area contributed by atoms with Crippen LogP contribution in [0.25, 0.3) is 0 Å². The Balaban J connectivity index is 2.26. The van der Waals surface area contributed by atoms with Gasteiger partial charge in [-0.15, -0.1) is 11.8 Å². The number of carbonyl (C=O) groups excluding carboxylic acids is 1. The first-order valence-electron chi connectivity index (χ1n) is 6.86. The molecule has 0 spiro atoms. The summed E-state index contributed by atoms with van der Waals surface area (Å²) in [5.74, 6) is 0.156. The van der Waals surface area contributed by atoms with Crippen molar-refractivity contribution in [3.05, 3.63) is 75.0 Å². The van der Waals surface area contributed by atoms with Crippen LogP contribution in [0.3, 0.4) is 0 Å². The fourth-order valence-electron chi connectivity index (χ4n) is 1.83. The zero-order valence-electron chi connectivity index (χ0n) is 12.3. The van der Waals surface area contributed by atoms with Crippen molar-refractivity contribution in [2.24, 2.45) is 0 Å². The van der Waals surface area contributed by atoms with Gasteiger partial charge in [-0.2, -0.15) is 0 Å². The Hall–Kier alpha value is -1.49. The van der Waals surface area contributed by atoms with Gasteiger partial charge in [-0.05, 0) is 42.2 Å². The smallest absolute Gasteiger partial charge is 0.188 e. The number of hydrogen-bond donors (Lipinski definition) is 1. The Morgan fingerprint density at radius 2 is 1.78 bits per heavy atom. The van der Waals surface area contributed by atoms with Crippen LogP contribution in [0.15, 0.2) is 53.6 Å². The van der Waals surface area contributed by atoms with Gasteiger partial charge in [-0.1, -0.05) is 36.2 Å². The fourth-order valence-corrected chi connectivity index (χ4v) is 2.99. The fraction of sp³-hybridized carbons (Fsp3) is 0.118. The van der Waals surface area contributed by atoms with Gasteiger partial charge in [0.05, 0.1) is 20.8 Å². The molecule has 23 heavy (non-hydrogen) atoms. The minimum atomic E-state index is -0.380. The van der Waals surface area contributed by atoms with Crippen LogP contribution in [0, 0.1) is 5.82 Å². The van der Waals surface area contributed by atoms with Crippen molar-refractivity contribution in [3.63, 3.8) is 0 Å². The van der Waals surface area contributed by atoms with Crippen LogP contribution in [0.5, 0.6) is 0 Å². The van der Waals surface area contributed by atoms with Crippen molar-refractivity contribution >= 4 is 46.4 Å². The molecular weight excluding hydrogens is 356 g/mol. The van der Waals surface area contributed by atoms with E-state index in [1.54, 1.807) is 18.2 Å². The molecule has 0 fully saturated rings. The minimum Gasteiger partial charge on any atom is -0.348 e. The summed E-state index contributed by atoms with van der Waals surface area (Å²) in [5.41, 5.74) is 0.961. The van der Waals surface area contributed by atoms with Crippen LogP contribution in [0.4, 0.5) is 10.1 Å². The van der Waals surface area contributed by atoms with E-state index >= 15 is 0 Å². The molecule has 0 aliphatic heterocycles. The van der Waals surface area contributed by atoms with Crippen LogP contribution >= 0.6 is 35.0 Å². The first-order chi connectivity index (χ1) is 11.0. The molecule has 0 aliphatic carbocycles. The predicted octanol–water partition coefficient (Wildman–Crippen LogP) is 6.02. The van der Waals surface area contributed by atoms with Crippen LogP contribution in [-0.2, 0) is 0 Å². The maximum atomic E-state index is 12.9. The number of nitrogens with one attached hydrogen (secondary N) is 1. The number of para-hydroxylation sites is 1. The lowest BCUT2D eigenvalue weighted by molar-refractivity contribution is 0.104. The van der Waals surface area contributed by atoms with Crippen molar-refractivity contribution in [1.29, 1.82) is 0 Å². The van der Waals surface area contributed by atoms with E-state index in [0.29, 0.717) is 26.3 Å². The van der Waals surface area contributed by atoms with Gasteiger partial charge in [0.15, 0.2) is 5.78 Å². The molecule has 2 aromatic carbocycles. The summed E-state index contributed by atoms with van der Waals surface area (Å²) in [7, 11) is 0. The summed E-state index contributed by atoms with van der Waals surface area (Å²) in [6.45, 7) is 1.97. The monoisotopic (exact) mass is 369 g/mol. The third-order valence-electron chi connectivity index (χ3n) is 2.90. The lowest BCUT2D eigenvalue weighted by Gasteiger charge is -2.12. The highest BCUT2D eigenvalue weighted by molar-refractivity contribution is 8.03. The van der Waals surface area contributed by atoms with E-state index in [4.69, 9.17) is 23.2 Å². The highest BCUT2D eigenvalue weighted by atomic mass is 35.5. The Labute approximate surface area is 148 Å². The largest absolute Gasteiger partial charge is 0.348 e. The highest BCUT2D eigenvalue weighted by Gasteiger charge is 2.10. The summed E-state index contributed by atoms with van der Waals surface area (Å²) >= 11 is 13.7. The average molecular weight is 370 g/mol. The number of carbonyl (C=O) groups is 1. The van der Waals surface area contributed by atoms with Gasteiger partial charge in [0.1, 0.15) is 5.82 Å². The molecule has 2 nitrogen and oxygen atoms in total. The molecule has 6 heteroatoms.